The van der Waals surface area contributed by atoms with Crippen LogP contribution < -0.4 is 5.73 Å². The van der Waals surface area contributed by atoms with Gasteiger partial charge in [-0.2, -0.15) is 0 Å². The smallest absolute Gasteiger partial charge is 0.0331 e. The molecule has 0 aliphatic heterocycles. The molecular weight excluding hydrogens is 246 g/mol. The molecule has 70 valence electrons. The van der Waals surface area contributed by atoms with E-state index in [-0.39, 0.29) is 0 Å². The summed E-state index contributed by atoms with van der Waals surface area (Å²) in [5, 5.41) is 0. The molecule has 2 rings (SSSR count). The molecular formula is C10H12BrNS. The molecule has 1 aliphatic rings. The maximum absolute atomic E-state index is 5.66. The molecule has 0 heterocycles. The Morgan fingerprint density at radius 3 is 2.85 bits per heavy atom. The number of halogens is 1. The summed E-state index contributed by atoms with van der Waals surface area (Å²) in [6.45, 7) is 0. The SMILES string of the molecule is Nc1ccc(SCC2CC2)c(Br)c1. The van der Waals surface area contributed by atoms with E-state index < -0.39 is 0 Å². The van der Waals surface area contributed by atoms with Gasteiger partial charge in [0.05, 0.1) is 0 Å². The predicted octanol–water partition coefficient (Wildman–Crippen LogP) is 3.53. The molecule has 2 N–H and O–H groups in total. The summed E-state index contributed by atoms with van der Waals surface area (Å²) in [6, 6.07) is 6.02. The Bertz CT molecular complexity index is 310. The Labute approximate surface area is 91.2 Å². The van der Waals surface area contributed by atoms with E-state index >= 15 is 0 Å². The van der Waals surface area contributed by atoms with Crippen molar-refractivity contribution in [3.8, 4) is 0 Å². The second-order valence-electron chi connectivity index (χ2n) is 3.44. The molecule has 0 amide bonds. The third-order valence-electron chi connectivity index (χ3n) is 2.13. The lowest BCUT2D eigenvalue weighted by Gasteiger charge is -2.03. The van der Waals surface area contributed by atoms with E-state index in [9.17, 15) is 0 Å². The lowest BCUT2D eigenvalue weighted by molar-refractivity contribution is 0.999. The molecule has 1 saturated carbocycles. The van der Waals surface area contributed by atoms with Crippen LogP contribution in [0.4, 0.5) is 5.69 Å². The second-order valence-corrected chi connectivity index (χ2v) is 5.36. The maximum atomic E-state index is 5.66. The molecule has 1 aromatic rings. The fraction of sp³-hybridized carbons (Fsp3) is 0.400. The first kappa shape index (κ1) is 9.41. The van der Waals surface area contributed by atoms with E-state index in [2.05, 4.69) is 22.0 Å². The number of rotatable bonds is 3. The van der Waals surface area contributed by atoms with Crippen molar-refractivity contribution < 1.29 is 0 Å². The van der Waals surface area contributed by atoms with Crippen molar-refractivity contribution in [1.29, 1.82) is 0 Å². The fourth-order valence-electron chi connectivity index (χ4n) is 1.13. The number of hydrogen-bond acceptors (Lipinski definition) is 2. The average molecular weight is 258 g/mol. The molecule has 3 heteroatoms. The number of anilines is 1. The normalized spacial score (nSPS) is 16.1. The predicted molar refractivity (Wildman–Crippen MR) is 62.0 cm³/mol. The lowest BCUT2D eigenvalue weighted by atomic mass is 10.3. The molecule has 1 fully saturated rings. The van der Waals surface area contributed by atoms with Crippen LogP contribution in [0.2, 0.25) is 0 Å². The Balaban J connectivity index is 2.01. The number of nitrogens with two attached hydrogens (primary N) is 1. The second kappa shape index (κ2) is 3.93. The Kier molecular flexibility index (Phi) is 2.84. The summed E-state index contributed by atoms with van der Waals surface area (Å²) in [5.41, 5.74) is 6.48. The van der Waals surface area contributed by atoms with Crippen molar-refractivity contribution in [1.82, 2.24) is 0 Å². The first-order valence-corrected chi connectivity index (χ1v) is 6.21. The molecule has 0 saturated heterocycles. The topological polar surface area (TPSA) is 26.0 Å². The molecule has 1 aromatic carbocycles. The highest BCUT2D eigenvalue weighted by molar-refractivity contribution is 9.10. The zero-order valence-corrected chi connectivity index (χ0v) is 9.70. The van der Waals surface area contributed by atoms with E-state index in [4.69, 9.17) is 5.73 Å². The molecule has 0 atom stereocenters. The van der Waals surface area contributed by atoms with Crippen LogP contribution >= 0.6 is 27.7 Å². The van der Waals surface area contributed by atoms with Gasteiger partial charge in [-0.05, 0) is 52.9 Å². The summed E-state index contributed by atoms with van der Waals surface area (Å²) in [6.07, 6.45) is 2.83. The van der Waals surface area contributed by atoms with Crippen molar-refractivity contribution in [2.75, 3.05) is 11.5 Å². The third kappa shape index (κ3) is 2.64. The molecule has 1 aliphatic carbocycles. The minimum atomic E-state index is 0.822. The highest BCUT2D eigenvalue weighted by Crippen LogP contribution is 2.37. The van der Waals surface area contributed by atoms with Gasteiger partial charge in [0.15, 0.2) is 0 Å². The van der Waals surface area contributed by atoms with Crippen LogP contribution in [-0.2, 0) is 0 Å². The minimum absolute atomic E-state index is 0.822. The quantitative estimate of drug-likeness (QED) is 0.663. The highest BCUT2D eigenvalue weighted by atomic mass is 79.9. The van der Waals surface area contributed by atoms with Gasteiger partial charge in [0.1, 0.15) is 0 Å². The number of benzene rings is 1. The van der Waals surface area contributed by atoms with Crippen LogP contribution in [0.15, 0.2) is 27.6 Å². The Morgan fingerprint density at radius 2 is 2.23 bits per heavy atom. The summed E-state index contributed by atoms with van der Waals surface area (Å²) in [7, 11) is 0. The largest absolute Gasteiger partial charge is 0.399 e. The summed E-state index contributed by atoms with van der Waals surface area (Å²) < 4.78 is 1.12. The number of hydrogen-bond donors (Lipinski definition) is 1. The van der Waals surface area contributed by atoms with E-state index in [0.717, 1.165) is 16.1 Å². The van der Waals surface area contributed by atoms with Crippen LogP contribution in [0.3, 0.4) is 0 Å². The highest BCUT2D eigenvalue weighted by Gasteiger charge is 2.21. The van der Waals surface area contributed by atoms with Gasteiger partial charge in [0, 0.05) is 20.8 Å². The van der Waals surface area contributed by atoms with Gasteiger partial charge in [-0.25, -0.2) is 0 Å². The van der Waals surface area contributed by atoms with Crippen molar-refractivity contribution in [3.63, 3.8) is 0 Å². The average Bonchev–Trinajstić information content (AvgIpc) is 2.86. The Morgan fingerprint density at radius 1 is 1.46 bits per heavy atom. The van der Waals surface area contributed by atoms with Crippen LogP contribution in [0, 0.1) is 5.92 Å². The van der Waals surface area contributed by atoms with E-state index in [0.29, 0.717) is 0 Å². The van der Waals surface area contributed by atoms with E-state index in [1.807, 2.05) is 23.9 Å². The van der Waals surface area contributed by atoms with Gasteiger partial charge in [0.25, 0.3) is 0 Å². The summed E-state index contributed by atoms with van der Waals surface area (Å²) in [5.74, 6) is 2.22. The van der Waals surface area contributed by atoms with Crippen LogP contribution in [0.25, 0.3) is 0 Å². The van der Waals surface area contributed by atoms with E-state index in [1.54, 1.807) is 0 Å². The minimum Gasteiger partial charge on any atom is -0.399 e. The van der Waals surface area contributed by atoms with Crippen molar-refractivity contribution in [2.45, 2.75) is 17.7 Å². The molecule has 0 unspecified atom stereocenters. The van der Waals surface area contributed by atoms with Gasteiger partial charge in [-0.15, -0.1) is 11.8 Å². The lowest BCUT2D eigenvalue weighted by Crippen LogP contribution is -1.86. The van der Waals surface area contributed by atoms with Gasteiger partial charge in [-0.1, -0.05) is 0 Å². The fourth-order valence-corrected chi connectivity index (χ4v) is 2.98. The Hall–Kier alpha value is -0.150. The van der Waals surface area contributed by atoms with Crippen LogP contribution in [0.5, 0.6) is 0 Å². The van der Waals surface area contributed by atoms with Crippen molar-refractivity contribution in [2.24, 2.45) is 5.92 Å². The molecule has 13 heavy (non-hydrogen) atoms. The molecule has 1 nitrogen and oxygen atoms in total. The molecule has 0 radical (unpaired) electrons. The molecule has 0 bridgehead atoms. The van der Waals surface area contributed by atoms with Gasteiger partial charge in [0.2, 0.25) is 0 Å². The van der Waals surface area contributed by atoms with Gasteiger partial charge in [-0.3, -0.25) is 0 Å². The third-order valence-corrected chi connectivity index (χ3v) is 4.35. The van der Waals surface area contributed by atoms with Crippen LogP contribution in [-0.4, -0.2) is 5.75 Å². The summed E-state index contributed by atoms with van der Waals surface area (Å²) >= 11 is 5.44. The van der Waals surface area contributed by atoms with Gasteiger partial charge < -0.3 is 5.73 Å². The first-order valence-electron chi connectivity index (χ1n) is 4.43. The monoisotopic (exact) mass is 257 g/mol. The first-order chi connectivity index (χ1) is 6.25. The number of nitrogen functional groups attached to an aromatic ring is 1. The molecule has 0 spiro atoms. The zero-order valence-electron chi connectivity index (χ0n) is 7.29. The van der Waals surface area contributed by atoms with Crippen LogP contribution in [0.1, 0.15) is 12.8 Å². The zero-order chi connectivity index (χ0) is 9.26. The van der Waals surface area contributed by atoms with Crippen molar-refractivity contribution in [3.05, 3.63) is 22.7 Å². The molecule has 0 aromatic heterocycles. The van der Waals surface area contributed by atoms with Gasteiger partial charge >= 0.3 is 0 Å². The number of thioether (sulfide) groups is 1. The maximum Gasteiger partial charge on any atom is 0.0331 e. The van der Waals surface area contributed by atoms with Crippen molar-refractivity contribution >= 4 is 33.4 Å². The van der Waals surface area contributed by atoms with E-state index in [1.165, 1.54) is 23.5 Å². The summed E-state index contributed by atoms with van der Waals surface area (Å²) in [4.78, 5) is 1.31. The standard InChI is InChI=1S/C10H12BrNS/c11-9-5-8(12)3-4-10(9)13-6-7-1-2-7/h3-5,7H,1-2,6,12H2.